The molecule has 5 heteroatoms. The number of ether oxygens (including phenoxy) is 1. The molecule has 3 aromatic rings. The Kier molecular flexibility index (Phi) is 6.93. The highest BCUT2D eigenvalue weighted by molar-refractivity contribution is 5.79. The molecular weight excluding hydrogens is 422 g/mol. The van der Waals surface area contributed by atoms with Crippen LogP contribution < -0.4 is 10.2 Å². The molecule has 2 aliphatic heterocycles. The molecule has 0 radical (unpaired) electrons. The third kappa shape index (κ3) is 5.16. The van der Waals surface area contributed by atoms with Gasteiger partial charge in [0.15, 0.2) is 0 Å². The predicted molar refractivity (Wildman–Crippen MR) is 137 cm³/mol. The summed E-state index contributed by atoms with van der Waals surface area (Å²) in [5.41, 5.74) is 7.39. The summed E-state index contributed by atoms with van der Waals surface area (Å²) < 4.78 is 5.58. The first kappa shape index (κ1) is 22.6. The molecule has 0 spiro atoms. The molecule has 1 saturated heterocycles. The molecule has 0 saturated carbocycles. The molecule has 3 aromatic carbocycles. The molecule has 0 aliphatic carbocycles. The quantitative estimate of drug-likeness (QED) is 0.583. The number of nitrogens with zero attached hydrogens (tertiary/aromatic N) is 2. The van der Waals surface area contributed by atoms with Crippen LogP contribution in [-0.4, -0.2) is 57.2 Å². The number of anilines is 1. The van der Waals surface area contributed by atoms with Gasteiger partial charge in [-0.15, -0.1) is 0 Å². The Morgan fingerprint density at radius 1 is 0.941 bits per heavy atom. The van der Waals surface area contributed by atoms with Crippen LogP contribution in [0, 0.1) is 0 Å². The highest BCUT2D eigenvalue weighted by Gasteiger charge is 2.25. The fourth-order valence-electron chi connectivity index (χ4n) is 5.04. The van der Waals surface area contributed by atoms with Crippen LogP contribution in [0.5, 0.6) is 0 Å². The molecule has 5 nitrogen and oxygen atoms in total. The lowest BCUT2D eigenvalue weighted by atomic mass is 10.00. The average Bonchev–Trinajstić information content (AvgIpc) is 3.26. The Balaban J connectivity index is 1.24. The van der Waals surface area contributed by atoms with E-state index in [9.17, 15) is 4.79 Å². The molecule has 34 heavy (non-hydrogen) atoms. The van der Waals surface area contributed by atoms with Crippen molar-refractivity contribution in [2.75, 3.05) is 51.3 Å². The van der Waals surface area contributed by atoms with Gasteiger partial charge in [-0.2, -0.15) is 0 Å². The molecule has 1 fully saturated rings. The Hall–Kier alpha value is -3.15. The van der Waals surface area contributed by atoms with Crippen LogP contribution in [0.4, 0.5) is 5.69 Å². The average molecular weight is 456 g/mol. The van der Waals surface area contributed by atoms with Gasteiger partial charge in [0.05, 0.1) is 25.7 Å². The van der Waals surface area contributed by atoms with Crippen LogP contribution in [0.15, 0.2) is 72.8 Å². The second kappa shape index (κ2) is 10.4. The van der Waals surface area contributed by atoms with E-state index in [1.54, 1.807) is 0 Å². The molecule has 2 aliphatic rings. The Morgan fingerprint density at radius 3 is 2.44 bits per heavy atom. The van der Waals surface area contributed by atoms with Gasteiger partial charge in [0.1, 0.15) is 0 Å². The first-order valence-electron chi connectivity index (χ1n) is 12.2. The van der Waals surface area contributed by atoms with Gasteiger partial charge in [-0.3, -0.25) is 9.69 Å². The van der Waals surface area contributed by atoms with E-state index in [0.717, 1.165) is 44.8 Å². The standard InChI is InChI=1S/C29H33N3O2/c1-31-14-13-26-20-25(11-12-27(26)31)28(32-15-17-34-18-16-32)21-30-29(33)19-22-7-9-24(10-8-22)23-5-3-2-4-6-23/h2-12,20,28H,13-19,21H2,1H3,(H,30,33)/t28-/m0/s1. The molecule has 176 valence electrons. The minimum Gasteiger partial charge on any atom is -0.379 e. The summed E-state index contributed by atoms with van der Waals surface area (Å²) in [6.07, 6.45) is 1.47. The number of benzene rings is 3. The molecule has 1 amide bonds. The van der Waals surface area contributed by atoms with Gasteiger partial charge in [-0.05, 0) is 40.3 Å². The number of hydrogen-bond donors (Lipinski definition) is 1. The second-order valence-corrected chi connectivity index (χ2v) is 9.27. The minimum absolute atomic E-state index is 0.0617. The predicted octanol–water partition coefficient (Wildman–Crippen LogP) is 4.08. The highest BCUT2D eigenvalue weighted by atomic mass is 16.5. The molecule has 5 rings (SSSR count). The molecule has 0 unspecified atom stereocenters. The van der Waals surface area contributed by atoms with E-state index in [0.29, 0.717) is 13.0 Å². The van der Waals surface area contributed by atoms with E-state index in [-0.39, 0.29) is 11.9 Å². The van der Waals surface area contributed by atoms with Crippen LogP contribution in [0.25, 0.3) is 11.1 Å². The fraction of sp³-hybridized carbons (Fsp3) is 0.345. The zero-order chi connectivity index (χ0) is 23.3. The number of hydrogen-bond acceptors (Lipinski definition) is 4. The number of carbonyl (C=O) groups excluding carboxylic acids is 1. The van der Waals surface area contributed by atoms with Gasteiger partial charge in [-0.25, -0.2) is 0 Å². The highest BCUT2D eigenvalue weighted by Crippen LogP contribution is 2.31. The van der Waals surface area contributed by atoms with Gasteiger partial charge in [0.25, 0.3) is 0 Å². The monoisotopic (exact) mass is 455 g/mol. The number of rotatable bonds is 7. The maximum atomic E-state index is 12.9. The van der Waals surface area contributed by atoms with E-state index < -0.39 is 0 Å². The number of amides is 1. The molecule has 0 aromatic heterocycles. The van der Waals surface area contributed by atoms with Crippen LogP contribution in [0.2, 0.25) is 0 Å². The zero-order valence-corrected chi connectivity index (χ0v) is 19.9. The van der Waals surface area contributed by atoms with Crippen LogP contribution in [0.1, 0.15) is 22.7 Å². The summed E-state index contributed by atoms with van der Waals surface area (Å²) >= 11 is 0. The van der Waals surface area contributed by atoms with Crippen molar-refractivity contribution < 1.29 is 9.53 Å². The van der Waals surface area contributed by atoms with E-state index in [1.807, 2.05) is 18.2 Å². The van der Waals surface area contributed by atoms with Crippen molar-refractivity contribution in [3.05, 3.63) is 89.5 Å². The summed E-state index contributed by atoms with van der Waals surface area (Å²) in [6, 6.07) is 25.6. The van der Waals surface area contributed by atoms with Crippen molar-refractivity contribution in [3.63, 3.8) is 0 Å². The Morgan fingerprint density at radius 2 is 1.68 bits per heavy atom. The Labute approximate surface area is 202 Å². The van der Waals surface area contributed by atoms with Gasteiger partial charge < -0.3 is 15.0 Å². The van der Waals surface area contributed by atoms with Crippen molar-refractivity contribution in [3.8, 4) is 11.1 Å². The van der Waals surface area contributed by atoms with Crippen molar-refractivity contribution in [2.45, 2.75) is 18.9 Å². The van der Waals surface area contributed by atoms with E-state index in [2.05, 4.69) is 76.8 Å². The minimum atomic E-state index is 0.0617. The molecule has 2 heterocycles. The first-order valence-corrected chi connectivity index (χ1v) is 12.2. The lowest BCUT2D eigenvalue weighted by Gasteiger charge is -2.35. The number of fused-ring (bicyclic) bond motifs is 1. The van der Waals surface area contributed by atoms with Crippen molar-refractivity contribution in [2.24, 2.45) is 0 Å². The normalized spacial score (nSPS) is 16.8. The largest absolute Gasteiger partial charge is 0.379 e. The third-order valence-electron chi connectivity index (χ3n) is 7.02. The van der Waals surface area contributed by atoms with Gasteiger partial charge in [0, 0.05) is 38.9 Å². The first-order chi connectivity index (χ1) is 16.7. The van der Waals surface area contributed by atoms with Gasteiger partial charge >= 0.3 is 0 Å². The summed E-state index contributed by atoms with van der Waals surface area (Å²) in [4.78, 5) is 17.6. The number of nitrogens with one attached hydrogen (secondary N) is 1. The van der Waals surface area contributed by atoms with Gasteiger partial charge in [-0.1, -0.05) is 66.7 Å². The van der Waals surface area contributed by atoms with E-state index >= 15 is 0 Å². The summed E-state index contributed by atoms with van der Waals surface area (Å²) in [7, 11) is 2.15. The van der Waals surface area contributed by atoms with Crippen molar-refractivity contribution in [1.82, 2.24) is 10.2 Å². The lowest BCUT2D eigenvalue weighted by Crippen LogP contribution is -2.44. The number of morpholine rings is 1. The van der Waals surface area contributed by atoms with Crippen molar-refractivity contribution in [1.29, 1.82) is 0 Å². The summed E-state index contributed by atoms with van der Waals surface area (Å²) in [5.74, 6) is 0.0617. The van der Waals surface area contributed by atoms with E-state index in [4.69, 9.17) is 4.74 Å². The Bertz CT molecular complexity index is 1110. The smallest absolute Gasteiger partial charge is 0.224 e. The molecular formula is C29H33N3O2. The van der Waals surface area contributed by atoms with Crippen molar-refractivity contribution >= 4 is 11.6 Å². The summed E-state index contributed by atoms with van der Waals surface area (Å²) in [6.45, 7) is 4.94. The molecule has 1 atom stereocenters. The molecule has 1 N–H and O–H groups in total. The topological polar surface area (TPSA) is 44.8 Å². The maximum absolute atomic E-state index is 12.9. The fourth-order valence-corrected chi connectivity index (χ4v) is 5.04. The maximum Gasteiger partial charge on any atom is 0.224 e. The van der Waals surface area contributed by atoms with Crippen LogP contribution in [-0.2, 0) is 22.4 Å². The number of likely N-dealkylation sites (N-methyl/N-ethyl adjacent to an activating group) is 1. The van der Waals surface area contributed by atoms with Crippen LogP contribution in [0.3, 0.4) is 0 Å². The second-order valence-electron chi connectivity index (χ2n) is 9.27. The zero-order valence-electron chi connectivity index (χ0n) is 19.9. The molecule has 0 bridgehead atoms. The summed E-state index contributed by atoms with van der Waals surface area (Å²) in [5, 5.41) is 3.22. The van der Waals surface area contributed by atoms with E-state index in [1.165, 1.54) is 27.9 Å². The number of carbonyl (C=O) groups is 1. The SMILES string of the molecule is CN1CCc2cc([C@H](CNC(=O)Cc3ccc(-c4ccccc4)cc3)N3CCOCC3)ccc21. The third-order valence-corrected chi connectivity index (χ3v) is 7.02. The lowest BCUT2D eigenvalue weighted by molar-refractivity contribution is -0.120. The van der Waals surface area contributed by atoms with Gasteiger partial charge in [0.2, 0.25) is 5.91 Å². The van der Waals surface area contributed by atoms with Crippen LogP contribution >= 0.6 is 0 Å².